The van der Waals surface area contributed by atoms with Gasteiger partial charge in [0, 0.05) is 0 Å². The zero-order chi connectivity index (χ0) is 15.2. The number of carbonyl (C=O) groups is 1. The second-order valence-electron chi connectivity index (χ2n) is 4.81. The maximum atomic E-state index is 11.5. The Morgan fingerprint density at radius 2 is 2.10 bits per heavy atom. The van der Waals surface area contributed by atoms with Gasteiger partial charge in [-0.3, -0.25) is 0 Å². The van der Waals surface area contributed by atoms with Crippen molar-refractivity contribution < 1.29 is 14.6 Å². The smallest absolute Gasteiger partial charge is 0.328 e. The molecule has 0 fully saturated rings. The Morgan fingerprint density at radius 1 is 1.38 bits per heavy atom. The lowest BCUT2D eigenvalue weighted by Gasteiger charge is -2.19. The number of aromatic nitrogens is 4. The minimum absolute atomic E-state index is 0.0820. The van der Waals surface area contributed by atoms with Gasteiger partial charge in [0.05, 0.1) is 0 Å². The molecule has 7 heteroatoms. The van der Waals surface area contributed by atoms with Gasteiger partial charge in [0.1, 0.15) is 12.4 Å². The van der Waals surface area contributed by atoms with Crippen molar-refractivity contribution in [3.05, 3.63) is 36.2 Å². The van der Waals surface area contributed by atoms with Crippen LogP contribution in [0.4, 0.5) is 0 Å². The van der Waals surface area contributed by atoms with Crippen LogP contribution in [0.2, 0.25) is 0 Å². The van der Waals surface area contributed by atoms with Gasteiger partial charge in [-0.2, -0.15) is 0 Å². The fourth-order valence-corrected chi connectivity index (χ4v) is 2.00. The normalized spacial score (nSPS) is 13.6. The summed E-state index contributed by atoms with van der Waals surface area (Å²) in [6.45, 7) is 3.92. The first-order valence-electron chi connectivity index (χ1n) is 6.80. The van der Waals surface area contributed by atoms with Crippen molar-refractivity contribution in [2.24, 2.45) is 5.92 Å². The summed E-state index contributed by atoms with van der Waals surface area (Å²) in [6.07, 6.45) is 0.718. The molecular formula is C14H18N4O3. The monoisotopic (exact) mass is 290 g/mol. The predicted octanol–water partition coefficient (Wildman–Crippen LogP) is 1.92. The Morgan fingerprint density at radius 3 is 2.71 bits per heavy atom. The second kappa shape index (κ2) is 6.83. The average molecular weight is 290 g/mol. The maximum Gasteiger partial charge on any atom is 0.328 e. The Bertz CT molecular complexity index is 585. The summed E-state index contributed by atoms with van der Waals surface area (Å²) in [5.74, 6) is 0.0492. The van der Waals surface area contributed by atoms with E-state index < -0.39 is 12.0 Å². The predicted molar refractivity (Wildman–Crippen MR) is 74.7 cm³/mol. The van der Waals surface area contributed by atoms with Crippen LogP contribution in [0.1, 0.15) is 32.1 Å². The van der Waals surface area contributed by atoms with Gasteiger partial charge in [-0.15, -0.1) is 5.10 Å². The minimum Gasteiger partial charge on any atom is -0.486 e. The van der Waals surface area contributed by atoms with Crippen LogP contribution in [0.15, 0.2) is 30.3 Å². The number of hydrogen-bond acceptors (Lipinski definition) is 5. The van der Waals surface area contributed by atoms with Gasteiger partial charge in [0.15, 0.2) is 11.9 Å². The first-order chi connectivity index (χ1) is 10.1. The Balaban J connectivity index is 2.15. The molecule has 2 atom stereocenters. The molecule has 0 saturated heterocycles. The number of ether oxygens (including phenoxy) is 1. The van der Waals surface area contributed by atoms with Crippen molar-refractivity contribution in [2.75, 3.05) is 0 Å². The third-order valence-electron chi connectivity index (χ3n) is 3.37. The molecule has 1 N–H and O–H groups in total. The van der Waals surface area contributed by atoms with Gasteiger partial charge < -0.3 is 9.84 Å². The van der Waals surface area contributed by atoms with Gasteiger partial charge in [-0.1, -0.05) is 38.5 Å². The molecule has 1 heterocycles. The Labute approximate surface area is 122 Å². The van der Waals surface area contributed by atoms with E-state index in [0.717, 1.165) is 6.42 Å². The highest BCUT2D eigenvalue weighted by molar-refractivity contribution is 5.72. The first-order valence-corrected chi connectivity index (χ1v) is 6.80. The van der Waals surface area contributed by atoms with E-state index in [2.05, 4.69) is 15.5 Å². The van der Waals surface area contributed by atoms with Crippen molar-refractivity contribution in [1.29, 1.82) is 0 Å². The molecule has 2 aromatic rings. The summed E-state index contributed by atoms with van der Waals surface area (Å²) >= 11 is 0. The van der Waals surface area contributed by atoms with E-state index in [4.69, 9.17) is 4.74 Å². The van der Waals surface area contributed by atoms with E-state index in [9.17, 15) is 9.90 Å². The topological polar surface area (TPSA) is 90.1 Å². The van der Waals surface area contributed by atoms with E-state index in [1.54, 1.807) is 0 Å². The fraction of sp³-hybridized carbons (Fsp3) is 0.429. The summed E-state index contributed by atoms with van der Waals surface area (Å²) in [4.78, 5) is 11.5. The standard InChI is InChI=1S/C14H18N4O3/c1-3-10(2)13(14(19)20)18-12(15-16-17-18)9-21-11-7-5-4-6-8-11/h4-8,10,13H,3,9H2,1-2H3,(H,19,20). The summed E-state index contributed by atoms with van der Waals surface area (Å²) < 4.78 is 6.91. The van der Waals surface area contributed by atoms with Crippen molar-refractivity contribution in [3.63, 3.8) is 0 Å². The summed E-state index contributed by atoms with van der Waals surface area (Å²) in [5, 5.41) is 20.7. The van der Waals surface area contributed by atoms with Crippen molar-refractivity contribution in [3.8, 4) is 5.75 Å². The number of benzene rings is 1. The third kappa shape index (κ3) is 3.56. The molecule has 0 aliphatic carbocycles. The van der Waals surface area contributed by atoms with Crippen LogP contribution in [0, 0.1) is 5.92 Å². The van der Waals surface area contributed by atoms with Gasteiger partial charge >= 0.3 is 5.97 Å². The summed E-state index contributed by atoms with van der Waals surface area (Å²) in [7, 11) is 0. The maximum absolute atomic E-state index is 11.5. The number of aliphatic carboxylic acids is 1. The van der Waals surface area contributed by atoms with E-state index in [-0.39, 0.29) is 12.5 Å². The summed E-state index contributed by atoms with van der Waals surface area (Å²) in [6, 6.07) is 8.45. The molecule has 1 aromatic heterocycles. The zero-order valence-corrected chi connectivity index (χ0v) is 12.0. The molecule has 0 spiro atoms. The molecule has 7 nitrogen and oxygen atoms in total. The second-order valence-corrected chi connectivity index (χ2v) is 4.81. The largest absolute Gasteiger partial charge is 0.486 e. The van der Waals surface area contributed by atoms with Crippen LogP contribution in [-0.2, 0) is 11.4 Å². The van der Waals surface area contributed by atoms with E-state index >= 15 is 0 Å². The molecule has 0 bridgehead atoms. The molecular weight excluding hydrogens is 272 g/mol. The van der Waals surface area contributed by atoms with Gasteiger partial charge in [-0.05, 0) is 28.5 Å². The molecule has 0 radical (unpaired) electrons. The highest BCUT2D eigenvalue weighted by Gasteiger charge is 2.29. The molecule has 0 aliphatic heterocycles. The third-order valence-corrected chi connectivity index (χ3v) is 3.37. The molecule has 0 saturated carbocycles. The quantitative estimate of drug-likeness (QED) is 0.838. The number of carboxylic acids is 1. The van der Waals surface area contributed by atoms with Crippen LogP contribution in [0.25, 0.3) is 0 Å². The van der Waals surface area contributed by atoms with Crippen LogP contribution in [0.5, 0.6) is 5.75 Å². The van der Waals surface area contributed by atoms with Crippen molar-refractivity contribution in [2.45, 2.75) is 32.9 Å². The number of hydrogen-bond donors (Lipinski definition) is 1. The number of carboxylic acid groups (broad SMARTS) is 1. The Kier molecular flexibility index (Phi) is 4.86. The summed E-state index contributed by atoms with van der Waals surface area (Å²) in [5.41, 5.74) is 0. The molecule has 0 amide bonds. The Hall–Kier alpha value is -2.44. The van der Waals surface area contributed by atoms with Gasteiger partial charge in [0.2, 0.25) is 0 Å². The van der Waals surface area contributed by atoms with Crippen LogP contribution in [0.3, 0.4) is 0 Å². The lowest BCUT2D eigenvalue weighted by Crippen LogP contribution is -2.28. The van der Waals surface area contributed by atoms with Crippen LogP contribution in [-0.4, -0.2) is 31.3 Å². The molecule has 1 aromatic carbocycles. The minimum atomic E-state index is -0.947. The van der Waals surface area contributed by atoms with Crippen LogP contribution < -0.4 is 4.74 Å². The molecule has 2 unspecified atom stereocenters. The van der Waals surface area contributed by atoms with E-state index in [0.29, 0.717) is 11.6 Å². The number of nitrogens with zero attached hydrogens (tertiary/aromatic N) is 4. The molecule has 0 aliphatic rings. The van der Waals surface area contributed by atoms with Crippen molar-refractivity contribution in [1.82, 2.24) is 20.2 Å². The van der Waals surface area contributed by atoms with Crippen molar-refractivity contribution >= 4 is 5.97 Å². The highest BCUT2D eigenvalue weighted by Crippen LogP contribution is 2.22. The van der Waals surface area contributed by atoms with E-state index in [1.165, 1.54) is 4.68 Å². The number of tetrazole rings is 1. The SMILES string of the molecule is CCC(C)C(C(=O)O)n1nnnc1COc1ccccc1. The lowest BCUT2D eigenvalue weighted by atomic mass is 9.99. The highest BCUT2D eigenvalue weighted by atomic mass is 16.5. The number of para-hydroxylation sites is 1. The average Bonchev–Trinajstić information content (AvgIpc) is 2.94. The molecule has 2 rings (SSSR count). The van der Waals surface area contributed by atoms with E-state index in [1.807, 2.05) is 44.2 Å². The lowest BCUT2D eigenvalue weighted by molar-refractivity contribution is -0.143. The van der Waals surface area contributed by atoms with Crippen LogP contribution >= 0.6 is 0 Å². The van der Waals surface area contributed by atoms with Gasteiger partial charge in [0.25, 0.3) is 0 Å². The number of rotatable bonds is 7. The fourth-order valence-electron chi connectivity index (χ4n) is 2.00. The molecule has 21 heavy (non-hydrogen) atoms. The zero-order valence-electron chi connectivity index (χ0n) is 12.0. The molecule has 112 valence electrons. The van der Waals surface area contributed by atoms with Gasteiger partial charge in [-0.25, -0.2) is 9.48 Å². The first kappa shape index (κ1) is 15.0.